The molecule has 0 spiro atoms. The summed E-state index contributed by atoms with van der Waals surface area (Å²) in [6, 6.07) is 0. The molecule has 2 unspecified atom stereocenters. The lowest BCUT2D eigenvalue weighted by Gasteiger charge is -2.30. The number of hydrogen-bond acceptors (Lipinski definition) is 1. The predicted molar refractivity (Wildman–Crippen MR) is 51.5 cm³/mol. The van der Waals surface area contributed by atoms with Gasteiger partial charge < -0.3 is 0 Å². The topological polar surface area (TPSA) is 17.1 Å². The van der Waals surface area contributed by atoms with E-state index in [4.69, 9.17) is 23.2 Å². The highest BCUT2D eigenvalue weighted by Crippen LogP contribution is 2.37. The molecule has 0 N–H and O–H groups in total. The van der Waals surface area contributed by atoms with Crippen LogP contribution in [-0.4, -0.2) is 10.6 Å². The number of alkyl halides is 2. The van der Waals surface area contributed by atoms with E-state index in [2.05, 4.69) is 0 Å². The van der Waals surface area contributed by atoms with E-state index in [0.29, 0.717) is 12.3 Å². The van der Waals surface area contributed by atoms with Crippen molar-refractivity contribution in [1.82, 2.24) is 0 Å². The van der Waals surface area contributed by atoms with Gasteiger partial charge in [0.25, 0.3) is 0 Å². The lowest BCUT2D eigenvalue weighted by atomic mass is 9.78. The molecule has 0 bridgehead atoms. The summed E-state index contributed by atoms with van der Waals surface area (Å²) in [7, 11) is 0. The van der Waals surface area contributed by atoms with Crippen molar-refractivity contribution < 1.29 is 4.79 Å². The van der Waals surface area contributed by atoms with E-state index in [-0.39, 0.29) is 5.78 Å². The fourth-order valence-electron chi connectivity index (χ4n) is 1.23. The second kappa shape index (κ2) is 3.39. The van der Waals surface area contributed by atoms with Crippen LogP contribution >= 0.6 is 23.2 Å². The molecule has 0 fully saturated rings. The van der Waals surface area contributed by atoms with E-state index in [9.17, 15) is 4.79 Å². The van der Waals surface area contributed by atoms with Crippen molar-refractivity contribution in [2.24, 2.45) is 11.3 Å². The molecule has 0 radical (unpaired) electrons. The summed E-state index contributed by atoms with van der Waals surface area (Å²) < 4.78 is 0. The predicted octanol–water partition coefficient (Wildman–Crippen LogP) is 2.96. The van der Waals surface area contributed by atoms with Crippen LogP contribution in [0.1, 0.15) is 20.3 Å². The third-order valence-electron chi connectivity index (χ3n) is 2.33. The van der Waals surface area contributed by atoms with Gasteiger partial charge in [-0.3, -0.25) is 4.79 Å². The van der Waals surface area contributed by atoms with Crippen LogP contribution in [0.5, 0.6) is 0 Å². The SMILES string of the molecule is CC1C=CC(C)(C(Cl)Cl)C(=O)C1. The van der Waals surface area contributed by atoms with Crippen LogP contribution < -0.4 is 0 Å². The van der Waals surface area contributed by atoms with Gasteiger partial charge in [-0.1, -0.05) is 19.1 Å². The lowest BCUT2D eigenvalue weighted by Crippen LogP contribution is -2.35. The minimum Gasteiger partial charge on any atom is -0.299 e. The molecule has 68 valence electrons. The van der Waals surface area contributed by atoms with Gasteiger partial charge in [0.1, 0.15) is 10.6 Å². The molecule has 1 rings (SSSR count). The molecule has 0 aliphatic heterocycles. The van der Waals surface area contributed by atoms with Crippen molar-refractivity contribution in [1.29, 1.82) is 0 Å². The van der Waals surface area contributed by atoms with E-state index in [1.54, 1.807) is 6.92 Å². The summed E-state index contributed by atoms with van der Waals surface area (Å²) in [6.07, 6.45) is 4.37. The van der Waals surface area contributed by atoms with Crippen molar-refractivity contribution in [3.63, 3.8) is 0 Å². The molecule has 3 heteroatoms. The van der Waals surface area contributed by atoms with E-state index in [1.807, 2.05) is 19.1 Å². The number of hydrogen-bond donors (Lipinski definition) is 0. The number of Topliss-reactive ketones (excluding diaryl/α,β-unsaturated/α-hetero) is 1. The maximum atomic E-state index is 11.5. The largest absolute Gasteiger partial charge is 0.299 e. The molecule has 0 aromatic rings. The summed E-state index contributed by atoms with van der Waals surface area (Å²) in [4.78, 5) is 10.9. The maximum Gasteiger partial charge on any atom is 0.145 e. The standard InChI is InChI=1S/C9H12Cl2O/c1-6-3-4-9(2,8(10)11)7(12)5-6/h3-4,6,8H,5H2,1-2H3. The number of ketones is 1. The molecule has 2 atom stereocenters. The van der Waals surface area contributed by atoms with E-state index in [1.165, 1.54) is 0 Å². The molecule has 0 aromatic heterocycles. The summed E-state index contributed by atoms with van der Waals surface area (Å²) in [5.41, 5.74) is -0.671. The number of rotatable bonds is 1. The summed E-state index contributed by atoms with van der Waals surface area (Å²) in [5, 5.41) is 0. The summed E-state index contributed by atoms with van der Waals surface area (Å²) in [6.45, 7) is 3.79. The van der Waals surface area contributed by atoms with Crippen molar-refractivity contribution in [3.8, 4) is 0 Å². The average Bonchev–Trinajstić information content (AvgIpc) is 1.97. The molecule has 1 aliphatic rings. The Bertz CT molecular complexity index is 223. The van der Waals surface area contributed by atoms with Crippen molar-refractivity contribution >= 4 is 29.0 Å². The Morgan fingerprint density at radius 2 is 2.25 bits per heavy atom. The molecule has 0 heterocycles. The molecule has 0 aromatic carbocycles. The Hall–Kier alpha value is -0.0100. The van der Waals surface area contributed by atoms with Crippen LogP contribution in [0, 0.1) is 11.3 Å². The van der Waals surface area contributed by atoms with E-state index in [0.717, 1.165) is 0 Å². The van der Waals surface area contributed by atoms with Crippen LogP contribution in [0.15, 0.2) is 12.2 Å². The van der Waals surface area contributed by atoms with Crippen LogP contribution in [0.25, 0.3) is 0 Å². The Labute approximate surface area is 82.7 Å². The molecule has 0 saturated carbocycles. The lowest BCUT2D eigenvalue weighted by molar-refractivity contribution is -0.126. The van der Waals surface area contributed by atoms with Gasteiger partial charge in [-0.05, 0) is 12.8 Å². The first kappa shape index (κ1) is 10.1. The summed E-state index contributed by atoms with van der Waals surface area (Å²) in [5.74, 6) is 0.449. The molecule has 1 aliphatic carbocycles. The van der Waals surface area contributed by atoms with Gasteiger partial charge in [0, 0.05) is 6.42 Å². The van der Waals surface area contributed by atoms with Gasteiger partial charge >= 0.3 is 0 Å². The third-order valence-corrected chi connectivity index (χ3v) is 3.24. The fourth-order valence-corrected chi connectivity index (χ4v) is 1.62. The van der Waals surface area contributed by atoms with Gasteiger partial charge in [0.15, 0.2) is 0 Å². The molecule has 1 nitrogen and oxygen atoms in total. The zero-order chi connectivity index (χ0) is 9.35. The van der Waals surface area contributed by atoms with Gasteiger partial charge in [-0.25, -0.2) is 0 Å². The molecular weight excluding hydrogens is 195 g/mol. The monoisotopic (exact) mass is 206 g/mol. The molecular formula is C9H12Cl2O. The smallest absolute Gasteiger partial charge is 0.145 e. The highest BCUT2D eigenvalue weighted by atomic mass is 35.5. The molecule has 12 heavy (non-hydrogen) atoms. The zero-order valence-corrected chi connectivity index (χ0v) is 8.69. The first-order valence-corrected chi connectivity index (χ1v) is 4.85. The minimum atomic E-state index is -0.671. The second-order valence-corrected chi connectivity index (χ2v) is 4.64. The van der Waals surface area contributed by atoms with Crippen LogP contribution in [-0.2, 0) is 4.79 Å². The summed E-state index contributed by atoms with van der Waals surface area (Å²) >= 11 is 11.5. The number of allylic oxidation sites excluding steroid dienone is 2. The van der Waals surface area contributed by atoms with Crippen molar-refractivity contribution in [3.05, 3.63) is 12.2 Å². The third kappa shape index (κ3) is 1.67. The van der Waals surface area contributed by atoms with E-state index >= 15 is 0 Å². The number of carbonyl (C=O) groups is 1. The van der Waals surface area contributed by atoms with Crippen LogP contribution in [0.4, 0.5) is 0 Å². The Morgan fingerprint density at radius 3 is 2.67 bits per heavy atom. The highest BCUT2D eigenvalue weighted by molar-refractivity contribution is 6.46. The number of carbonyl (C=O) groups excluding carboxylic acids is 1. The van der Waals surface area contributed by atoms with Gasteiger partial charge in [0.2, 0.25) is 0 Å². The second-order valence-electron chi connectivity index (χ2n) is 3.55. The van der Waals surface area contributed by atoms with Gasteiger partial charge in [-0.2, -0.15) is 0 Å². The zero-order valence-electron chi connectivity index (χ0n) is 7.18. The normalized spacial score (nSPS) is 36.1. The maximum absolute atomic E-state index is 11.5. The minimum absolute atomic E-state index is 0.132. The molecule has 0 amide bonds. The van der Waals surface area contributed by atoms with E-state index < -0.39 is 10.3 Å². The molecule has 0 saturated heterocycles. The Kier molecular flexibility index (Phi) is 2.84. The van der Waals surface area contributed by atoms with Crippen molar-refractivity contribution in [2.75, 3.05) is 0 Å². The van der Waals surface area contributed by atoms with Crippen LogP contribution in [0.2, 0.25) is 0 Å². The Balaban J connectivity index is 2.92. The van der Waals surface area contributed by atoms with Crippen molar-refractivity contribution in [2.45, 2.75) is 25.1 Å². The number of halogens is 2. The fraction of sp³-hybridized carbons (Fsp3) is 0.667. The first-order chi connectivity index (χ1) is 5.47. The highest BCUT2D eigenvalue weighted by Gasteiger charge is 2.39. The van der Waals surface area contributed by atoms with Crippen LogP contribution in [0.3, 0.4) is 0 Å². The van der Waals surface area contributed by atoms with Gasteiger partial charge in [0.05, 0.1) is 5.41 Å². The average molecular weight is 207 g/mol. The quantitative estimate of drug-likeness (QED) is 0.477. The Morgan fingerprint density at radius 1 is 1.67 bits per heavy atom. The van der Waals surface area contributed by atoms with Gasteiger partial charge in [-0.15, -0.1) is 23.2 Å². The first-order valence-electron chi connectivity index (χ1n) is 3.97.